The number of carbonyl (C=O) groups excluding carboxylic acids is 1. The molecular formula is C20H26N4O4S. The average Bonchev–Trinajstić information content (AvgIpc) is 2.70. The first-order valence-corrected chi connectivity index (χ1v) is 10.8. The number of rotatable bonds is 6. The predicted octanol–water partition coefficient (Wildman–Crippen LogP) is 1.70. The van der Waals surface area contributed by atoms with Gasteiger partial charge >= 0.3 is 0 Å². The molecule has 29 heavy (non-hydrogen) atoms. The van der Waals surface area contributed by atoms with E-state index in [1.54, 1.807) is 18.2 Å². The van der Waals surface area contributed by atoms with Crippen molar-refractivity contribution in [3.8, 4) is 5.75 Å². The van der Waals surface area contributed by atoms with E-state index in [2.05, 4.69) is 15.0 Å². The molecule has 2 aromatic carbocycles. The van der Waals surface area contributed by atoms with Gasteiger partial charge in [0.05, 0.1) is 7.11 Å². The number of hydrogen-bond acceptors (Lipinski definition) is 6. The Kier molecular flexibility index (Phi) is 6.41. The van der Waals surface area contributed by atoms with Crippen molar-refractivity contribution in [3.63, 3.8) is 0 Å². The number of hydrogen-bond donors (Lipinski definition) is 2. The molecule has 156 valence electrons. The van der Waals surface area contributed by atoms with Gasteiger partial charge in [0.15, 0.2) is 0 Å². The van der Waals surface area contributed by atoms with Gasteiger partial charge in [0.25, 0.3) is 15.9 Å². The van der Waals surface area contributed by atoms with Gasteiger partial charge < -0.3 is 9.64 Å². The SMILES string of the molecule is COc1ccc(C(=O)NN2CCN(C)CC2)cc1S(=O)(=O)Nc1ccc(C)cc1. The Morgan fingerprint density at radius 2 is 1.69 bits per heavy atom. The summed E-state index contributed by atoms with van der Waals surface area (Å²) in [7, 11) is -0.519. The Morgan fingerprint density at radius 1 is 1.03 bits per heavy atom. The van der Waals surface area contributed by atoms with Crippen LogP contribution in [0.3, 0.4) is 0 Å². The second-order valence-corrected chi connectivity index (χ2v) is 8.72. The fraction of sp³-hybridized carbons (Fsp3) is 0.350. The minimum Gasteiger partial charge on any atom is -0.495 e. The van der Waals surface area contributed by atoms with Crippen molar-refractivity contribution in [1.82, 2.24) is 15.3 Å². The Morgan fingerprint density at radius 3 is 2.31 bits per heavy atom. The van der Waals surface area contributed by atoms with E-state index < -0.39 is 10.0 Å². The number of carbonyl (C=O) groups is 1. The lowest BCUT2D eigenvalue weighted by Gasteiger charge is -2.32. The van der Waals surface area contributed by atoms with Crippen LogP contribution < -0.4 is 14.9 Å². The number of nitrogens with zero attached hydrogens (tertiary/aromatic N) is 2. The Labute approximate surface area is 171 Å². The van der Waals surface area contributed by atoms with Crippen molar-refractivity contribution in [3.05, 3.63) is 53.6 Å². The Balaban J connectivity index is 1.82. The van der Waals surface area contributed by atoms with E-state index in [9.17, 15) is 13.2 Å². The molecule has 1 amide bonds. The summed E-state index contributed by atoms with van der Waals surface area (Å²) >= 11 is 0. The second-order valence-electron chi connectivity index (χ2n) is 7.07. The van der Waals surface area contributed by atoms with E-state index in [4.69, 9.17) is 4.74 Å². The normalized spacial score (nSPS) is 15.7. The molecule has 1 fully saturated rings. The molecule has 0 atom stereocenters. The monoisotopic (exact) mass is 418 g/mol. The van der Waals surface area contributed by atoms with Crippen LogP contribution in [0.4, 0.5) is 5.69 Å². The summed E-state index contributed by atoms with van der Waals surface area (Å²) in [6, 6.07) is 11.4. The molecule has 1 saturated heterocycles. The van der Waals surface area contributed by atoms with Gasteiger partial charge in [-0.3, -0.25) is 14.9 Å². The van der Waals surface area contributed by atoms with Gasteiger partial charge in [-0.2, -0.15) is 0 Å². The number of piperazine rings is 1. The van der Waals surface area contributed by atoms with Crippen LogP contribution in [0.25, 0.3) is 0 Å². The van der Waals surface area contributed by atoms with E-state index in [1.165, 1.54) is 19.2 Å². The van der Waals surface area contributed by atoms with Crippen LogP contribution >= 0.6 is 0 Å². The molecular weight excluding hydrogens is 392 g/mol. The molecule has 1 aliphatic heterocycles. The topological polar surface area (TPSA) is 91.0 Å². The molecule has 3 rings (SSSR count). The van der Waals surface area contributed by atoms with Crippen molar-refractivity contribution in [2.75, 3.05) is 45.1 Å². The van der Waals surface area contributed by atoms with Crippen LogP contribution in [-0.2, 0) is 10.0 Å². The first-order valence-electron chi connectivity index (χ1n) is 9.30. The summed E-state index contributed by atoms with van der Waals surface area (Å²) in [4.78, 5) is 14.7. The third kappa shape index (κ3) is 5.26. The van der Waals surface area contributed by atoms with Crippen LogP contribution in [0, 0.1) is 6.92 Å². The lowest BCUT2D eigenvalue weighted by atomic mass is 10.2. The van der Waals surface area contributed by atoms with E-state index in [0.29, 0.717) is 18.8 Å². The number of ether oxygens (including phenoxy) is 1. The minimum absolute atomic E-state index is 0.0911. The number of amides is 1. The van der Waals surface area contributed by atoms with Gasteiger partial charge in [-0.25, -0.2) is 13.4 Å². The van der Waals surface area contributed by atoms with Crippen LogP contribution in [-0.4, -0.2) is 64.6 Å². The van der Waals surface area contributed by atoms with Gasteiger partial charge in [-0.15, -0.1) is 0 Å². The number of hydrazine groups is 1. The molecule has 0 aliphatic carbocycles. The minimum atomic E-state index is -3.94. The number of sulfonamides is 1. The van der Waals surface area contributed by atoms with Gasteiger partial charge in [-0.05, 0) is 44.3 Å². The first kappa shape index (κ1) is 21.1. The Bertz CT molecular complexity index is 968. The maximum atomic E-state index is 12.9. The van der Waals surface area contributed by atoms with Crippen molar-refractivity contribution < 1.29 is 17.9 Å². The molecule has 0 saturated carbocycles. The summed E-state index contributed by atoms with van der Waals surface area (Å²) < 4.78 is 33.6. The average molecular weight is 419 g/mol. The van der Waals surface area contributed by atoms with Crippen LogP contribution in [0.1, 0.15) is 15.9 Å². The predicted molar refractivity (Wildman–Crippen MR) is 112 cm³/mol. The number of methoxy groups -OCH3 is 1. The number of anilines is 1. The molecule has 2 aromatic rings. The largest absolute Gasteiger partial charge is 0.495 e. The number of likely N-dealkylation sites (N-methyl/N-ethyl adjacent to an activating group) is 1. The number of benzene rings is 2. The first-order chi connectivity index (χ1) is 13.8. The van der Waals surface area contributed by atoms with Gasteiger partial charge in [-0.1, -0.05) is 17.7 Å². The molecule has 9 heteroatoms. The molecule has 0 spiro atoms. The maximum absolute atomic E-state index is 12.9. The van der Waals surface area contributed by atoms with E-state index in [-0.39, 0.29) is 22.1 Å². The lowest BCUT2D eigenvalue weighted by Crippen LogP contribution is -2.52. The smallest absolute Gasteiger partial charge is 0.265 e. The van der Waals surface area contributed by atoms with Crippen LogP contribution in [0.2, 0.25) is 0 Å². The van der Waals surface area contributed by atoms with Crippen molar-refractivity contribution in [2.24, 2.45) is 0 Å². The summed E-state index contributed by atoms with van der Waals surface area (Å²) in [5.74, 6) is -0.190. The quantitative estimate of drug-likeness (QED) is 0.742. The number of nitrogens with one attached hydrogen (secondary N) is 2. The van der Waals surface area contributed by atoms with Crippen molar-refractivity contribution in [1.29, 1.82) is 0 Å². The van der Waals surface area contributed by atoms with E-state index in [1.807, 2.05) is 31.1 Å². The van der Waals surface area contributed by atoms with Crippen LogP contribution in [0.5, 0.6) is 5.75 Å². The summed E-state index contributed by atoms with van der Waals surface area (Å²) in [6.45, 7) is 5.03. The summed E-state index contributed by atoms with van der Waals surface area (Å²) in [6.07, 6.45) is 0. The van der Waals surface area contributed by atoms with E-state index >= 15 is 0 Å². The molecule has 0 bridgehead atoms. The van der Waals surface area contributed by atoms with Gasteiger partial charge in [0, 0.05) is 37.4 Å². The molecule has 1 heterocycles. The number of aryl methyl sites for hydroxylation is 1. The third-order valence-corrected chi connectivity index (χ3v) is 6.18. The lowest BCUT2D eigenvalue weighted by molar-refractivity contribution is 0.0662. The highest BCUT2D eigenvalue weighted by Gasteiger charge is 2.23. The third-order valence-electron chi connectivity index (χ3n) is 4.78. The highest BCUT2D eigenvalue weighted by Crippen LogP contribution is 2.27. The van der Waals surface area contributed by atoms with Gasteiger partial charge in [0.1, 0.15) is 10.6 Å². The summed E-state index contributed by atoms with van der Waals surface area (Å²) in [5.41, 5.74) is 4.54. The zero-order valence-corrected chi connectivity index (χ0v) is 17.6. The zero-order valence-electron chi connectivity index (χ0n) is 16.8. The Hall–Kier alpha value is -2.62. The fourth-order valence-electron chi connectivity index (χ4n) is 2.99. The second kappa shape index (κ2) is 8.81. The molecule has 8 nitrogen and oxygen atoms in total. The molecule has 0 radical (unpaired) electrons. The molecule has 0 unspecified atom stereocenters. The zero-order chi connectivity index (χ0) is 21.0. The fourth-order valence-corrected chi connectivity index (χ4v) is 4.24. The molecule has 1 aliphatic rings. The van der Waals surface area contributed by atoms with Crippen LogP contribution in [0.15, 0.2) is 47.4 Å². The maximum Gasteiger partial charge on any atom is 0.265 e. The van der Waals surface area contributed by atoms with Gasteiger partial charge in [0.2, 0.25) is 0 Å². The van der Waals surface area contributed by atoms with E-state index in [0.717, 1.165) is 18.7 Å². The standard InChI is InChI=1S/C20H26N4O4S/c1-15-4-7-17(8-5-15)22-29(26,27)19-14-16(6-9-18(19)28-3)20(25)21-24-12-10-23(2)11-13-24/h4-9,14,22H,10-13H2,1-3H3,(H,21,25). The highest BCUT2D eigenvalue weighted by molar-refractivity contribution is 7.92. The highest BCUT2D eigenvalue weighted by atomic mass is 32.2. The summed E-state index contributed by atoms with van der Waals surface area (Å²) in [5, 5.41) is 1.84. The molecule has 2 N–H and O–H groups in total. The van der Waals surface area contributed by atoms with Crippen molar-refractivity contribution in [2.45, 2.75) is 11.8 Å². The molecule has 0 aromatic heterocycles. The van der Waals surface area contributed by atoms with Crippen molar-refractivity contribution >= 4 is 21.6 Å².